The number of hydrogen-bond donors (Lipinski definition) is 3. The molecule has 1 fully saturated rings. The Balaban J connectivity index is 1.47. The minimum atomic E-state index is -1.10. The highest BCUT2D eigenvalue weighted by Gasteiger charge is 2.39. The van der Waals surface area contributed by atoms with Crippen molar-refractivity contribution in [2.45, 2.75) is 38.2 Å². The predicted molar refractivity (Wildman–Crippen MR) is 115 cm³/mol. The van der Waals surface area contributed by atoms with Crippen molar-refractivity contribution >= 4 is 17.5 Å². The molecule has 2 aliphatic heterocycles. The first-order valence-corrected chi connectivity index (χ1v) is 10.5. The van der Waals surface area contributed by atoms with Crippen LogP contribution in [0, 0.1) is 5.82 Å². The number of ether oxygens (including phenoxy) is 2. The highest BCUT2D eigenvalue weighted by atomic mass is 19.1. The molecule has 9 heteroatoms. The van der Waals surface area contributed by atoms with E-state index < -0.39 is 12.3 Å². The monoisotopic (exact) mass is 443 g/mol. The van der Waals surface area contributed by atoms with E-state index in [-0.39, 0.29) is 30.6 Å². The molecule has 1 unspecified atom stereocenters. The lowest BCUT2D eigenvalue weighted by molar-refractivity contribution is -0.129. The zero-order chi connectivity index (χ0) is 22.7. The number of benzene rings is 2. The number of nitrogens with zero attached hydrogens (tertiary/aromatic N) is 1. The molecule has 1 saturated heterocycles. The van der Waals surface area contributed by atoms with Gasteiger partial charge in [-0.1, -0.05) is 6.07 Å². The highest BCUT2D eigenvalue weighted by molar-refractivity contribution is 6.00. The molecule has 0 aliphatic carbocycles. The van der Waals surface area contributed by atoms with Crippen molar-refractivity contribution in [2.24, 2.45) is 0 Å². The molecule has 2 atom stereocenters. The van der Waals surface area contributed by atoms with E-state index in [2.05, 4.69) is 10.6 Å². The van der Waals surface area contributed by atoms with Crippen LogP contribution in [-0.2, 0) is 22.6 Å². The minimum Gasteiger partial charge on any atom is -0.491 e. The zero-order valence-electron chi connectivity index (χ0n) is 17.8. The quantitative estimate of drug-likeness (QED) is 0.540. The van der Waals surface area contributed by atoms with Crippen molar-refractivity contribution in [2.75, 3.05) is 25.6 Å². The maximum atomic E-state index is 14.3. The maximum absolute atomic E-state index is 14.3. The molecule has 170 valence electrons. The molecular formula is C23H26FN3O5. The molecule has 3 N–H and O–H groups in total. The summed E-state index contributed by atoms with van der Waals surface area (Å²) < 4.78 is 24.8. The molecule has 0 radical (unpaired) electrons. The largest absolute Gasteiger partial charge is 0.491 e. The molecule has 2 aromatic carbocycles. The van der Waals surface area contributed by atoms with Gasteiger partial charge in [0.25, 0.3) is 5.91 Å². The van der Waals surface area contributed by atoms with E-state index >= 15 is 0 Å². The number of carbonyl (C=O) groups is 2. The van der Waals surface area contributed by atoms with Gasteiger partial charge in [-0.15, -0.1) is 0 Å². The number of amides is 2. The lowest BCUT2D eigenvalue weighted by Crippen LogP contribution is -2.55. The molecule has 2 aromatic rings. The Hall–Kier alpha value is -3.17. The smallest absolute Gasteiger partial charge is 0.254 e. The third kappa shape index (κ3) is 4.53. The summed E-state index contributed by atoms with van der Waals surface area (Å²) in [5, 5.41) is 16.0. The number of aliphatic hydroxyl groups excluding tert-OH is 1. The summed E-state index contributed by atoms with van der Waals surface area (Å²) in [6.45, 7) is 1.31. The fourth-order valence-electron chi connectivity index (χ4n) is 4.09. The second kappa shape index (κ2) is 9.54. The number of rotatable bonds is 8. The average Bonchev–Trinajstić information content (AvgIpc) is 3.11. The number of piperidine rings is 1. The minimum absolute atomic E-state index is 0.191. The first-order valence-electron chi connectivity index (χ1n) is 10.5. The normalized spacial score (nSPS) is 20.2. The van der Waals surface area contributed by atoms with Gasteiger partial charge in [0, 0.05) is 49.0 Å². The van der Waals surface area contributed by atoms with Gasteiger partial charge in [-0.05, 0) is 36.8 Å². The fraction of sp³-hybridized carbons (Fsp3) is 0.391. The SMILES string of the molecule is COCCOc1ccc(F)c(CNc2cccc3c2CN([C@@H]2CCC(=O)NC2O)C3=O)c1. The summed E-state index contributed by atoms with van der Waals surface area (Å²) >= 11 is 0. The molecule has 32 heavy (non-hydrogen) atoms. The van der Waals surface area contributed by atoms with Gasteiger partial charge >= 0.3 is 0 Å². The molecule has 2 heterocycles. The molecule has 2 amide bonds. The van der Waals surface area contributed by atoms with Crippen molar-refractivity contribution in [3.63, 3.8) is 0 Å². The van der Waals surface area contributed by atoms with Crippen LogP contribution in [0.1, 0.15) is 34.3 Å². The van der Waals surface area contributed by atoms with Crippen LogP contribution in [0.4, 0.5) is 10.1 Å². The van der Waals surface area contributed by atoms with E-state index in [4.69, 9.17) is 9.47 Å². The number of fused-ring (bicyclic) bond motifs is 1. The van der Waals surface area contributed by atoms with Crippen LogP contribution in [-0.4, -0.2) is 54.4 Å². The maximum Gasteiger partial charge on any atom is 0.254 e. The Morgan fingerprint density at radius 2 is 2.09 bits per heavy atom. The summed E-state index contributed by atoms with van der Waals surface area (Å²) in [7, 11) is 1.58. The second-order valence-electron chi connectivity index (χ2n) is 7.83. The van der Waals surface area contributed by atoms with Gasteiger partial charge in [0.05, 0.1) is 12.6 Å². The van der Waals surface area contributed by atoms with Crippen molar-refractivity contribution in [3.8, 4) is 5.75 Å². The summed E-state index contributed by atoms with van der Waals surface area (Å²) in [6.07, 6.45) is -0.438. The Morgan fingerprint density at radius 1 is 1.25 bits per heavy atom. The average molecular weight is 443 g/mol. The third-order valence-corrected chi connectivity index (χ3v) is 5.78. The summed E-state index contributed by atoms with van der Waals surface area (Å²) in [5.74, 6) is -0.226. The van der Waals surface area contributed by atoms with Gasteiger partial charge in [0.1, 0.15) is 24.4 Å². The predicted octanol–water partition coefficient (Wildman–Crippen LogP) is 2.02. The van der Waals surface area contributed by atoms with E-state index in [1.165, 1.54) is 6.07 Å². The molecule has 0 saturated carbocycles. The molecule has 0 spiro atoms. The number of halogens is 1. The first-order chi connectivity index (χ1) is 15.5. The van der Waals surface area contributed by atoms with Crippen molar-refractivity contribution in [3.05, 3.63) is 58.9 Å². The van der Waals surface area contributed by atoms with E-state index in [1.807, 2.05) is 6.07 Å². The van der Waals surface area contributed by atoms with E-state index in [0.717, 1.165) is 11.3 Å². The number of methoxy groups -OCH3 is 1. The Kier molecular flexibility index (Phi) is 6.57. The van der Waals surface area contributed by atoms with Gasteiger partial charge in [-0.2, -0.15) is 0 Å². The summed E-state index contributed by atoms with van der Waals surface area (Å²) in [5.41, 5.74) is 2.48. The van der Waals surface area contributed by atoms with Gasteiger partial charge in [0.15, 0.2) is 0 Å². The van der Waals surface area contributed by atoms with Crippen molar-refractivity contribution < 1.29 is 28.6 Å². The molecule has 4 rings (SSSR count). The van der Waals surface area contributed by atoms with Gasteiger partial charge in [-0.25, -0.2) is 4.39 Å². The van der Waals surface area contributed by atoms with Crippen LogP contribution >= 0.6 is 0 Å². The van der Waals surface area contributed by atoms with E-state index in [0.29, 0.717) is 43.1 Å². The number of aliphatic hydroxyl groups is 1. The van der Waals surface area contributed by atoms with Crippen LogP contribution in [0.3, 0.4) is 0 Å². The number of carbonyl (C=O) groups excluding carboxylic acids is 2. The van der Waals surface area contributed by atoms with Crippen LogP contribution in [0.5, 0.6) is 5.75 Å². The molecule has 8 nitrogen and oxygen atoms in total. The lowest BCUT2D eigenvalue weighted by atomic mass is 10.0. The van der Waals surface area contributed by atoms with Crippen molar-refractivity contribution in [1.29, 1.82) is 0 Å². The lowest BCUT2D eigenvalue weighted by Gasteiger charge is -2.35. The standard InChI is InChI=1S/C23H26FN3O5/c1-31-9-10-32-15-5-6-18(24)14(11-15)12-25-19-4-2-3-16-17(19)13-27(23(16)30)20-7-8-21(28)26-22(20)29/h2-6,11,20,22,25,29H,7-10,12-13H2,1H3,(H,26,28)/t20-,22?/m1/s1. The summed E-state index contributed by atoms with van der Waals surface area (Å²) in [4.78, 5) is 26.1. The van der Waals surface area contributed by atoms with Crippen molar-refractivity contribution in [1.82, 2.24) is 10.2 Å². The van der Waals surface area contributed by atoms with Gasteiger partial charge in [0.2, 0.25) is 5.91 Å². The fourth-order valence-corrected chi connectivity index (χ4v) is 4.09. The molecule has 2 aliphatic rings. The van der Waals surface area contributed by atoms with Crippen LogP contribution < -0.4 is 15.4 Å². The van der Waals surface area contributed by atoms with Gasteiger partial charge in [-0.3, -0.25) is 9.59 Å². The Labute approximate surface area is 185 Å². The summed E-state index contributed by atoms with van der Waals surface area (Å²) in [6, 6.07) is 9.42. The zero-order valence-corrected chi connectivity index (χ0v) is 17.8. The topological polar surface area (TPSA) is 100 Å². The van der Waals surface area contributed by atoms with E-state index in [1.54, 1.807) is 36.3 Å². The Morgan fingerprint density at radius 3 is 2.88 bits per heavy atom. The second-order valence-corrected chi connectivity index (χ2v) is 7.83. The first kappa shape index (κ1) is 22.0. The number of anilines is 1. The molecular weight excluding hydrogens is 417 g/mol. The third-order valence-electron chi connectivity index (χ3n) is 5.78. The highest BCUT2D eigenvalue weighted by Crippen LogP contribution is 2.33. The van der Waals surface area contributed by atoms with Gasteiger partial charge < -0.3 is 30.1 Å². The Bertz CT molecular complexity index is 1020. The number of nitrogens with one attached hydrogen (secondary N) is 2. The number of hydrogen-bond acceptors (Lipinski definition) is 6. The van der Waals surface area contributed by atoms with Crippen LogP contribution in [0.2, 0.25) is 0 Å². The van der Waals surface area contributed by atoms with Crippen LogP contribution in [0.25, 0.3) is 0 Å². The van der Waals surface area contributed by atoms with Crippen LogP contribution in [0.15, 0.2) is 36.4 Å². The molecule has 0 bridgehead atoms. The molecule has 0 aromatic heterocycles. The van der Waals surface area contributed by atoms with E-state index in [9.17, 15) is 19.1 Å².